The van der Waals surface area contributed by atoms with E-state index in [-0.39, 0.29) is 10.4 Å². The summed E-state index contributed by atoms with van der Waals surface area (Å²) < 4.78 is 12.1. The first-order valence-corrected chi connectivity index (χ1v) is 8.22. The molecule has 2 rings (SSSR count). The highest BCUT2D eigenvalue weighted by Crippen LogP contribution is 2.31. The van der Waals surface area contributed by atoms with Crippen molar-refractivity contribution in [1.82, 2.24) is 0 Å². The summed E-state index contributed by atoms with van der Waals surface area (Å²) >= 11 is 0. The van der Waals surface area contributed by atoms with Gasteiger partial charge in [-0.1, -0.05) is 13.8 Å². The molecule has 0 N–H and O–H groups in total. The van der Waals surface area contributed by atoms with Crippen LogP contribution in [0.5, 0.6) is 0 Å². The molecule has 0 radical (unpaired) electrons. The van der Waals surface area contributed by atoms with Gasteiger partial charge in [-0.3, -0.25) is 14.3 Å². The Morgan fingerprint density at radius 3 is 2.40 bits per heavy atom. The van der Waals surface area contributed by atoms with Gasteiger partial charge in [0.2, 0.25) is 0 Å². The fourth-order valence-electron chi connectivity index (χ4n) is 2.71. The van der Waals surface area contributed by atoms with Crippen molar-refractivity contribution < 1.29 is 9.13 Å². The van der Waals surface area contributed by atoms with Crippen molar-refractivity contribution in [3.05, 3.63) is 34.4 Å². The van der Waals surface area contributed by atoms with Gasteiger partial charge in [-0.15, -0.1) is 0 Å². The molecule has 5 nitrogen and oxygen atoms in total. The molecule has 0 bridgehead atoms. The Morgan fingerprint density at radius 2 is 1.90 bits per heavy atom. The maximum atomic E-state index is 12.3. The second-order valence-electron chi connectivity index (χ2n) is 5.13. The lowest BCUT2D eigenvalue weighted by Gasteiger charge is -2.42. The third-order valence-electron chi connectivity index (χ3n) is 4.22. The zero-order valence-corrected chi connectivity index (χ0v) is 12.7. The third-order valence-corrected chi connectivity index (χ3v) is 6.45. The Bertz CT molecular complexity index is 512. The molecule has 1 atom stereocenters. The Kier molecular flexibility index (Phi) is 4.42. The van der Waals surface area contributed by atoms with E-state index in [1.807, 2.05) is 0 Å². The Morgan fingerprint density at radius 1 is 1.30 bits per heavy atom. The van der Waals surface area contributed by atoms with E-state index in [0.717, 1.165) is 31.6 Å². The molecule has 20 heavy (non-hydrogen) atoms. The summed E-state index contributed by atoms with van der Waals surface area (Å²) in [5, 5.41) is 10.7. The van der Waals surface area contributed by atoms with Crippen molar-refractivity contribution in [3.63, 3.8) is 0 Å². The van der Waals surface area contributed by atoms with Crippen LogP contribution in [0.4, 0.5) is 11.4 Å². The van der Waals surface area contributed by atoms with E-state index in [4.69, 9.17) is 0 Å². The van der Waals surface area contributed by atoms with Crippen LogP contribution in [0, 0.1) is 10.1 Å². The highest BCUT2D eigenvalue weighted by Gasteiger charge is 2.38. The molecule has 1 fully saturated rings. The summed E-state index contributed by atoms with van der Waals surface area (Å²) in [5.41, 5.74) is 1.07. The molecule has 0 aliphatic carbocycles. The van der Waals surface area contributed by atoms with Gasteiger partial charge < -0.3 is 4.90 Å². The van der Waals surface area contributed by atoms with Crippen LogP contribution in [-0.4, -0.2) is 32.7 Å². The lowest BCUT2D eigenvalue weighted by Crippen LogP contribution is -2.53. The second-order valence-corrected chi connectivity index (χ2v) is 7.10. The average molecular weight is 296 g/mol. The molecule has 1 aromatic rings. The zero-order chi connectivity index (χ0) is 14.8. The van der Waals surface area contributed by atoms with Crippen LogP contribution in [-0.2, 0) is 10.8 Å². The summed E-state index contributed by atoms with van der Waals surface area (Å²) in [5.74, 6) is 0.665. The normalized spacial score (nSPS) is 21.7. The van der Waals surface area contributed by atoms with Crippen molar-refractivity contribution in [1.29, 1.82) is 0 Å². The van der Waals surface area contributed by atoms with Crippen LogP contribution in [0.15, 0.2) is 24.3 Å². The molecule has 1 aliphatic rings. The van der Waals surface area contributed by atoms with E-state index in [2.05, 4.69) is 18.7 Å². The van der Waals surface area contributed by atoms with Crippen LogP contribution in [0.1, 0.15) is 26.7 Å². The molecule has 0 saturated carbocycles. The molecule has 0 amide bonds. The SMILES string of the molecule is CCC1(CC)CN(c2ccc([N+](=O)[O-])cc2)CCS1=O. The quantitative estimate of drug-likeness (QED) is 0.633. The van der Waals surface area contributed by atoms with Gasteiger partial charge >= 0.3 is 0 Å². The van der Waals surface area contributed by atoms with E-state index in [1.54, 1.807) is 12.1 Å². The van der Waals surface area contributed by atoms with Gasteiger partial charge in [0, 0.05) is 47.5 Å². The fourth-order valence-corrected chi connectivity index (χ4v) is 4.47. The van der Waals surface area contributed by atoms with Gasteiger partial charge in [-0.2, -0.15) is 0 Å². The van der Waals surface area contributed by atoms with Gasteiger partial charge in [0.05, 0.1) is 9.67 Å². The molecule has 0 aromatic heterocycles. The topological polar surface area (TPSA) is 63.4 Å². The lowest BCUT2D eigenvalue weighted by atomic mass is 10.0. The molecule has 1 heterocycles. The average Bonchev–Trinajstić information content (AvgIpc) is 2.48. The number of hydrogen-bond donors (Lipinski definition) is 0. The largest absolute Gasteiger partial charge is 0.369 e. The van der Waals surface area contributed by atoms with Gasteiger partial charge in [0.1, 0.15) is 0 Å². The van der Waals surface area contributed by atoms with E-state index in [1.165, 1.54) is 12.1 Å². The van der Waals surface area contributed by atoms with Crippen molar-refractivity contribution in [2.24, 2.45) is 0 Å². The van der Waals surface area contributed by atoms with Crippen LogP contribution >= 0.6 is 0 Å². The van der Waals surface area contributed by atoms with Crippen molar-refractivity contribution >= 4 is 22.2 Å². The number of rotatable bonds is 4. The molecule has 1 aromatic carbocycles. The molecular formula is C14H20N2O3S. The molecule has 0 spiro atoms. The van der Waals surface area contributed by atoms with Crippen molar-refractivity contribution in [2.45, 2.75) is 31.4 Å². The summed E-state index contributed by atoms with van der Waals surface area (Å²) in [6.07, 6.45) is 1.78. The first kappa shape index (κ1) is 15.0. The second kappa shape index (κ2) is 5.91. The summed E-state index contributed by atoms with van der Waals surface area (Å²) in [7, 11) is -0.793. The van der Waals surface area contributed by atoms with Gasteiger partial charge in [0.15, 0.2) is 0 Å². The standard InChI is InChI=1S/C14H20N2O3S/c1-3-14(4-2)11-15(9-10-20(14)19)12-5-7-13(8-6-12)16(17)18/h5-8H,3-4,9-11H2,1-2H3. The van der Waals surface area contributed by atoms with Crippen molar-refractivity contribution in [2.75, 3.05) is 23.7 Å². The molecule has 110 valence electrons. The van der Waals surface area contributed by atoms with Crippen LogP contribution in [0.25, 0.3) is 0 Å². The maximum absolute atomic E-state index is 12.3. The third kappa shape index (κ3) is 2.70. The first-order valence-electron chi connectivity index (χ1n) is 6.90. The lowest BCUT2D eigenvalue weighted by molar-refractivity contribution is -0.384. The maximum Gasteiger partial charge on any atom is 0.269 e. The van der Waals surface area contributed by atoms with E-state index in [9.17, 15) is 14.3 Å². The molecule has 1 aliphatic heterocycles. The van der Waals surface area contributed by atoms with E-state index >= 15 is 0 Å². The first-order chi connectivity index (χ1) is 9.52. The molecule has 1 saturated heterocycles. The van der Waals surface area contributed by atoms with E-state index in [0.29, 0.717) is 5.75 Å². The Balaban J connectivity index is 2.21. The number of anilines is 1. The fraction of sp³-hybridized carbons (Fsp3) is 0.571. The predicted octanol–water partition coefficient (Wildman–Crippen LogP) is 2.72. The summed E-state index contributed by atoms with van der Waals surface area (Å²) in [4.78, 5) is 12.5. The van der Waals surface area contributed by atoms with Crippen LogP contribution in [0.2, 0.25) is 0 Å². The molecular weight excluding hydrogens is 276 g/mol. The van der Waals surface area contributed by atoms with Crippen LogP contribution < -0.4 is 4.90 Å². The highest BCUT2D eigenvalue weighted by molar-refractivity contribution is 7.86. The number of nitrogens with zero attached hydrogens (tertiary/aromatic N) is 2. The number of hydrogen-bond acceptors (Lipinski definition) is 4. The predicted molar refractivity (Wildman–Crippen MR) is 81.6 cm³/mol. The number of nitro benzene ring substituents is 1. The number of benzene rings is 1. The smallest absolute Gasteiger partial charge is 0.269 e. The summed E-state index contributed by atoms with van der Waals surface area (Å²) in [6.45, 7) is 5.66. The minimum atomic E-state index is -0.793. The van der Waals surface area contributed by atoms with Gasteiger partial charge in [0.25, 0.3) is 5.69 Å². The van der Waals surface area contributed by atoms with Gasteiger partial charge in [-0.05, 0) is 25.0 Å². The molecule has 6 heteroatoms. The zero-order valence-electron chi connectivity index (χ0n) is 11.9. The number of nitro groups is 1. The Hall–Kier alpha value is -1.43. The highest BCUT2D eigenvalue weighted by atomic mass is 32.2. The molecule has 1 unspecified atom stereocenters. The van der Waals surface area contributed by atoms with Crippen LogP contribution in [0.3, 0.4) is 0 Å². The number of non-ortho nitro benzene ring substituents is 1. The monoisotopic (exact) mass is 296 g/mol. The van der Waals surface area contributed by atoms with Crippen molar-refractivity contribution in [3.8, 4) is 0 Å². The minimum Gasteiger partial charge on any atom is -0.369 e. The minimum absolute atomic E-state index is 0.103. The van der Waals surface area contributed by atoms with E-state index < -0.39 is 15.7 Å². The Labute approximate surface area is 121 Å². The van der Waals surface area contributed by atoms with Gasteiger partial charge in [-0.25, -0.2) is 0 Å². The summed E-state index contributed by atoms with van der Waals surface area (Å²) in [6, 6.07) is 6.62.